The standard InChI is InChI=1S/C25H28ClN3O/c1-4-27-13-15-28(16-14-27)25(30)22-17-24(20-9-11-21(26)12-10-20)29(19(22)3)23-8-6-5-7-18(23)2/h5-12,17H,4,13-16H2,1-3H3. The summed E-state index contributed by atoms with van der Waals surface area (Å²) >= 11 is 6.12. The maximum atomic E-state index is 13.5. The van der Waals surface area contributed by atoms with Crippen LogP contribution in [0.3, 0.4) is 0 Å². The molecule has 0 radical (unpaired) electrons. The van der Waals surface area contributed by atoms with E-state index in [2.05, 4.69) is 35.4 Å². The third-order valence-electron chi connectivity index (χ3n) is 6.08. The molecule has 0 N–H and O–H groups in total. The Kier molecular flexibility index (Phi) is 5.98. The topological polar surface area (TPSA) is 28.5 Å². The van der Waals surface area contributed by atoms with Crippen molar-refractivity contribution in [3.63, 3.8) is 0 Å². The Bertz CT molecular complexity index is 1050. The summed E-state index contributed by atoms with van der Waals surface area (Å²) in [4.78, 5) is 17.8. The second-order valence-corrected chi connectivity index (χ2v) is 8.32. The first-order valence-electron chi connectivity index (χ1n) is 10.6. The summed E-state index contributed by atoms with van der Waals surface area (Å²) in [5.41, 5.74) is 6.05. The van der Waals surface area contributed by atoms with E-state index in [1.807, 2.05) is 54.3 Å². The van der Waals surface area contributed by atoms with Gasteiger partial charge >= 0.3 is 0 Å². The van der Waals surface area contributed by atoms with Crippen LogP contribution in [-0.2, 0) is 0 Å². The van der Waals surface area contributed by atoms with Crippen molar-refractivity contribution < 1.29 is 4.79 Å². The van der Waals surface area contributed by atoms with Gasteiger partial charge in [0.1, 0.15) is 0 Å². The number of hydrogen-bond donors (Lipinski definition) is 0. The Morgan fingerprint density at radius 2 is 1.63 bits per heavy atom. The molecule has 0 atom stereocenters. The Balaban J connectivity index is 1.79. The number of aromatic nitrogens is 1. The Morgan fingerprint density at radius 1 is 0.967 bits per heavy atom. The number of halogens is 1. The van der Waals surface area contributed by atoms with Crippen LogP contribution in [0.1, 0.15) is 28.5 Å². The molecule has 1 fully saturated rings. The van der Waals surface area contributed by atoms with E-state index in [1.165, 1.54) is 5.56 Å². The zero-order valence-electron chi connectivity index (χ0n) is 17.9. The molecule has 5 heteroatoms. The first-order valence-corrected chi connectivity index (χ1v) is 10.9. The number of amides is 1. The fourth-order valence-corrected chi connectivity index (χ4v) is 4.34. The maximum absolute atomic E-state index is 13.5. The van der Waals surface area contributed by atoms with Gasteiger partial charge in [0.2, 0.25) is 0 Å². The molecule has 30 heavy (non-hydrogen) atoms. The molecule has 4 rings (SSSR count). The SMILES string of the molecule is CCN1CCN(C(=O)c2cc(-c3ccc(Cl)cc3)n(-c3ccccc3C)c2C)CC1. The fraction of sp³-hybridized carbons (Fsp3) is 0.320. The van der Waals surface area contributed by atoms with Gasteiger partial charge in [0.15, 0.2) is 0 Å². The van der Waals surface area contributed by atoms with E-state index in [-0.39, 0.29) is 5.91 Å². The third-order valence-corrected chi connectivity index (χ3v) is 6.33. The van der Waals surface area contributed by atoms with Gasteiger partial charge in [0.05, 0.1) is 11.3 Å². The van der Waals surface area contributed by atoms with E-state index < -0.39 is 0 Å². The van der Waals surface area contributed by atoms with Crippen LogP contribution in [-0.4, -0.2) is 53.0 Å². The Hall–Kier alpha value is -2.56. The summed E-state index contributed by atoms with van der Waals surface area (Å²) in [5.74, 6) is 0.116. The lowest BCUT2D eigenvalue weighted by Gasteiger charge is -2.34. The summed E-state index contributed by atoms with van der Waals surface area (Å²) in [6.45, 7) is 10.8. The highest BCUT2D eigenvalue weighted by atomic mass is 35.5. The average Bonchev–Trinajstić information content (AvgIpc) is 3.11. The van der Waals surface area contributed by atoms with Crippen LogP contribution in [0.15, 0.2) is 54.6 Å². The van der Waals surface area contributed by atoms with E-state index in [0.29, 0.717) is 5.02 Å². The maximum Gasteiger partial charge on any atom is 0.255 e. The zero-order chi connectivity index (χ0) is 21.3. The largest absolute Gasteiger partial charge is 0.336 e. The molecule has 0 saturated carbocycles. The monoisotopic (exact) mass is 421 g/mol. The van der Waals surface area contributed by atoms with Crippen molar-refractivity contribution >= 4 is 17.5 Å². The highest BCUT2D eigenvalue weighted by molar-refractivity contribution is 6.30. The van der Waals surface area contributed by atoms with Crippen molar-refractivity contribution in [3.8, 4) is 16.9 Å². The highest BCUT2D eigenvalue weighted by Crippen LogP contribution is 2.32. The number of hydrogen-bond acceptors (Lipinski definition) is 2. The van der Waals surface area contributed by atoms with E-state index in [1.54, 1.807) is 0 Å². The quantitative estimate of drug-likeness (QED) is 0.579. The van der Waals surface area contributed by atoms with E-state index in [0.717, 1.165) is 60.9 Å². The molecule has 1 aliphatic rings. The van der Waals surface area contributed by atoms with Gasteiger partial charge < -0.3 is 14.4 Å². The predicted molar refractivity (Wildman–Crippen MR) is 124 cm³/mol. The molecule has 1 saturated heterocycles. The lowest BCUT2D eigenvalue weighted by molar-refractivity contribution is 0.0642. The van der Waals surface area contributed by atoms with Gasteiger partial charge in [-0.1, -0.05) is 48.9 Å². The van der Waals surface area contributed by atoms with Crippen molar-refractivity contribution in [2.24, 2.45) is 0 Å². The minimum Gasteiger partial charge on any atom is -0.336 e. The van der Waals surface area contributed by atoms with Crippen LogP contribution in [0.5, 0.6) is 0 Å². The van der Waals surface area contributed by atoms with Gasteiger partial charge in [-0.2, -0.15) is 0 Å². The summed E-state index contributed by atoms with van der Waals surface area (Å²) in [7, 11) is 0. The van der Waals surface area contributed by atoms with Crippen LogP contribution < -0.4 is 0 Å². The lowest BCUT2D eigenvalue weighted by atomic mass is 10.1. The number of piperazine rings is 1. The normalized spacial score (nSPS) is 14.9. The number of benzene rings is 2. The van der Waals surface area contributed by atoms with Crippen molar-refractivity contribution in [2.75, 3.05) is 32.7 Å². The molecule has 0 bridgehead atoms. The number of aryl methyl sites for hydroxylation is 1. The molecule has 2 aromatic carbocycles. The van der Waals surface area contributed by atoms with Crippen LogP contribution >= 0.6 is 11.6 Å². The molecule has 3 aromatic rings. The number of carbonyl (C=O) groups excluding carboxylic acids is 1. The van der Waals surface area contributed by atoms with Gasteiger partial charge in [-0.15, -0.1) is 0 Å². The smallest absolute Gasteiger partial charge is 0.255 e. The Labute approximate surface area is 183 Å². The van der Waals surface area contributed by atoms with E-state index in [4.69, 9.17) is 11.6 Å². The molecule has 4 nitrogen and oxygen atoms in total. The van der Waals surface area contributed by atoms with Crippen molar-refractivity contribution in [1.29, 1.82) is 0 Å². The summed E-state index contributed by atoms with van der Waals surface area (Å²) < 4.78 is 2.20. The molecular weight excluding hydrogens is 394 g/mol. The molecule has 156 valence electrons. The number of likely N-dealkylation sites (N-methyl/N-ethyl adjacent to an activating group) is 1. The predicted octanol–water partition coefficient (Wildman–Crippen LogP) is 5.19. The summed E-state index contributed by atoms with van der Waals surface area (Å²) in [6, 6.07) is 18.2. The molecule has 1 aliphatic heterocycles. The fourth-order valence-electron chi connectivity index (χ4n) is 4.22. The number of nitrogens with zero attached hydrogens (tertiary/aromatic N) is 3. The van der Waals surface area contributed by atoms with Crippen molar-refractivity contribution in [2.45, 2.75) is 20.8 Å². The van der Waals surface area contributed by atoms with Crippen LogP contribution in [0, 0.1) is 13.8 Å². The van der Waals surface area contributed by atoms with E-state index in [9.17, 15) is 4.79 Å². The van der Waals surface area contributed by atoms with Crippen molar-refractivity contribution in [1.82, 2.24) is 14.4 Å². The molecule has 1 aromatic heterocycles. The minimum atomic E-state index is 0.116. The van der Waals surface area contributed by atoms with Gasteiger partial charge in [-0.05, 0) is 55.8 Å². The van der Waals surface area contributed by atoms with Gasteiger partial charge in [-0.3, -0.25) is 4.79 Å². The van der Waals surface area contributed by atoms with Crippen molar-refractivity contribution in [3.05, 3.63) is 76.4 Å². The van der Waals surface area contributed by atoms with Gasteiger partial charge in [-0.25, -0.2) is 0 Å². The van der Waals surface area contributed by atoms with Gasteiger partial charge in [0.25, 0.3) is 5.91 Å². The second kappa shape index (κ2) is 8.66. The summed E-state index contributed by atoms with van der Waals surface area (Å²) in [5, 5.41) is 0.703. The highest BCUT2D eigenvalue weighted by Gasteiger charge is 2.26. The molecule has 2 heterocycles. The Morgan fingerprint density at radius 3 is 2.27 bits per heavy atom. The first kappa shape index (κ1) is 20.7. The second-order valence-electron chi connectivity index (χ2n) is 7.88. The lowest BCUT2D eigenvalue weighted by Crippen LogP contribution is -2.48. The molecule has 1 amide bonds. The van der Waals surface area contributed by atoms with E-state index >= 15 is 0 Å². The zero-order valence-corrected chi connectivity index (χ0v) is 18.6. The van der Waals surface area contributed by atoms with Gasteiger partial charge in [0, 0.05) is 42.6 Å². The minimum absolute atomic E-state index is 0.116. The van der Waals surface area contributed by atoms with Crippen LogP contribution in [0.2, 0.25) is 5.02 Å². The molecular formula is C25H28ClN3O. The number of carbonyl (C=O) groups is 1. The molecule has 0 spiro atoms. The number of para-hydroxylation sites is 1. The molecule has 0 unspecified atom stereocenters. The average molecular weight is 422 g/mol. The third kappa shape index (κ3) is 3.90. The van der Waals surface area contributed by atoms with Crippen LogP contribution in [0.25, 0.3) is 16.9 Å². The first-order chi connectivity index (χ1) is 14.5. The number of rotatable bonds is 4. The van der Waals surface area contributed by atoms with Crippen LogP contribution in [0.4, 0.5) is 0 Å². The molecule has 0 aliphatic carbocycles. The summed E-state index contributed by atoms with van der Waals surface area (Å²) in [6.07, 6.45) is 0.